The summed E-state index contributed by atoms with van der Waals surface area (Å²) in [6, 6.07) is 7.60. The van der Waals surface area contributed by atoms with Gasteiger partial charge in [0.1, 0.15) is 34.9 Å². The summed E-state index contributed by atoms with van der Waals surface area (Å²) >= 11 is 2.99. The maximum Gasteiger partial charge on any atom is 0.159 e. The highest BCUT2D eigenvalue weighted by atomic mass is 32.2. The summed E-state index contributed by atoms with van der Waals surface area (Å²) < 4.78 is 24.0. The molecule has 6 aliphatic rings. The summed E-state index contributed by atoms with van der Waals surface area (Å²) in [7, 11) is 5.11. The maximum absolute atomic E-state index is 11.2. The van der Waals surface area contributed by atoms with Crippen LogP contribution in [-0.2, 0) is 20.8 Å². The van der Waals surface area contributed by atoms with Gasteiger partial charge in [-0.3, -0.25) is 9.98 Å². The van der Waals surface area contributed by atoms with Crippen LogP contribution in [0.4, 0.5) is 0 Å². The molecule has 0 amide bonds. The number of amidine groups is 2. The molecule has 4 aliphatic heterocycles. The number of benzene rings is 1. The Bertz CT molecular complexity index is 1280. The lowest BCUT2D eigenvalue weighted by molar-refractivity contribution is -0.217. The minimum Gasteiger partial charge on any atom is -0.497 e. The average Bonchev–Trinajstić information content (AvgIpc) is 3.89. The number of aliphatic hydroxyl groups excluding tert-OH is 2. The number of fused-ring (bicyclic) bond motifs is 2. The Morgan fingerprint density at radius 3 is 1.87 bits per heavy atom. The van der Waals surface area contributed by atoms with Crippen LogP contribution in [0, 0.1) is 5.92 Å². The number of hydrogen-bond acceptors (Lipinski definition) is 12. The molecule has 262 valence electrons. The predicted octanol–water partition coefficient (Wildman–Crippen LogP) is 2.37. The molecule has 12 nitrogen and oxygen atoms in total. The molecule has 1 aromatic carbocycles. The first-order chi connectivity index (χ1) is 22.6. The van der Waals surface area contributed by atoms with E-state index in [0.29, 0.717) is 24.6 Å². The lowest BCUT2D eigenvalue weighted by Crippen LogP contribution is -2.64. The van der Waals surface area contributed by atoms with Gasteiger partial charge in [0.25, 0.3) is 0 Å². The number of nitrogens with zero attached hydrogens (tertiary/aromatic N) is 2. The van der Waals surface area contributed by atoms with E-state index in [1.54, 1.807) is 33.0 Å². The van der Waals surface area contributed by atoms with Crippen molar-refractivity contribution < 1.29 is 39.4 Å². The van der Waals surface area contributed by atoms with Crippen LogP contribution in [0.1, 0.15) is 63.9 Å². The van der Waals surface area contributed by atoms with Crippen LogP contribution >= 0.6 is 23.5 Å². The highest BCUT2D eigenvalue weighted by Gasteiger charge is 2.57. The second-order valence-electron chi connectivity index (χ2n) is 13.6. The van der Waals surface area contributed by atoms with Crippen molar-refractivity contribution in [1.82, 2.24) is 10.6 Å². The van der Waals surface area contributed by atoms with Crippen LogP contribution in [0.2, 0.25) is 0 Å². The van der Waals surface area contributed by atoms with E-state index in [-0.39, 0.29) is 41.1 Å². The normalized spacial score (nSPS) is 40.3. The number of ether oxygens (including phenoxy) is 4. The molecular formula is C33H50N4O8S2. The lowest BCUT2D eigenvalue weighted by atomic mass is 9.79. The first kappa shape index (κ1) is 35.2. The number of thioether (sulfide) groups is 2. The number of rotatable bonds is 6. The van der Waals surface area contributed by atoms with E-state index in [1.807, 2.05) is 24.3 Å². The fourth-order valence-corrected chi connectivity index (χ4v) is 10.1. The molecule has 10 atom stereocenters. The highest BCUT2D eigenvalue weighted by molar-refractivity contribution is 8.14. The molecule has 14 heteroatoms. The summed E-state index contributed by atoms with van der Waals surface area (Å²) in [5.41, 5.74) is -1.07. The van der Waals surface area contributed by atoms with E-state index < -0.39 is 29.5 Å². The summed E-state index contributed by atoms with van der Waals surface area (Å²) in [5.74, 6) is 0.913. The van der Waals surface area contributed by atoms with E-state index in [0.717, 1.165) is 55.0 Å². The van der Waals surface area contributed by atoms with Crippen molar-refractivity contribution in [3.8, 4) is 5.75 Å². The molecule has 7 rings (SSSR count). The Morgan fingerprint density at radius 1 is 0.809 bits per heavy atom. The molecule has 47 heavy (non-hydrogen) atoms. The standard InChI is InChI=1S/C21H30N2O4S.C12H20N2O4S/c1-13-17(26-12-14-6-8-15(25-3)9-7-14)16-19(28-20(22-2)23-16)27-18(13)21(24)10-4-5-11-21;1-13-11-14-6-7(15)8(16)9(18-10(6)19-11)12(17)4-2-3-5-12/h6-9,13,16-19,24H,4-5,10-12H2,1-3H3,(H,22,23);6-10,15-17H,2-5H2,1H3,(H,13,14)/t13-,16+,17-,18-,19+;6-,7-,8+,9+,10-/m01/s1. The Balaban J connectivity index is 0.000000177. The number of aliphatic imine (C=N–C) groups is 2. The third-order valence-electron chi connectivity index (χ3n) is 10.6. The summed E-state index contributed by atoms with van der Waals surface area (Å²) in [6.45, 7) is 2.65. The van der Waals surface area contributed by atoms with Gasteiger partial charge in [-0.1, -0.05) is 68.3 Å². The van der Waals surface area contributed by atoms with Gasteiger partial charge >= 0.3 is 0 Å². The fourth-order valence-electron chi connectivity index (χ4n) is 7.96. The van der Waals surface area contributed by atoms with E-state index in [2.05, 4.69) is 27.5 Å². The fraction of sp³-hybridized carbons (Fsp3) is 0.758. The second kappa shape index (κ2) is 14.7. The molecule has 4 saturated heterocycles. The van der Waals surface area contributed by atoms with Gasteiger partial charge in [0, 0.05) is 20.0 Å². The zero-order valence-electron chi connectivity index (χ0n) is 27.6. The molecule has 4 heterocycles. The summed E-state index contributed by atoms with van der Waals surface area (Å²) in [6.07, 6.45) is 3.77. The Morgan fingerprint density at radius 2 is 1.32 bits per heavy atom. The molecule has 0 unspecified atom stereocenters. The SMILES string of the molecule is CN=C1N[C@@H]2[C@@H](O)[C@H](O)[C@@H](C3(O)CCCC3)O[C@@H]2S1.CN=C1N[C@@H]2[C@@H](OCc3ccc(OC)cc3)[C@H](C)[C@@H](C3(O)CCCC3)O[C@@H]2S1. The maximum atomic E-state index is 11.2. The van der Waals surface area contributed by atoms with Gasteiger partial charge in [-0.05, 0) is 43.4 Å². The average molecular weight is 695 g/mol. The zero-order valence-corrected chi connectivity index (χ0v) is 29.2. The summed E-state index contributed by atoms with van der Waals surface area (Å²) in [5, 5.41) is 50.4. The first-order valence-corrected chi connectivity index (χ1v) is 18.5. The lowest BCUT2D eigenvalue weighted by Gasteiger charge is -2.47. The van der Waals surface area contributed by atoms with Gasteiger partial charge < -0.3 is 50.0 Å². The minimum absolute atomic E-state index is 0.0261. The Hall–Kier alpha value is -1.62. The monoisotopic (exact) mass is 694 g/mol. The van der Waals surface area contributed by atoms with Gasteiger partial charge in [-0.15, -0.1) is 0 Å². The zero-order chi connectivity index (χ0) is 33.3. The molecule has 2 saturated carbocycles. The molecule has 0 bridgehead atoms. The van der Waals surface area contributed by atoms with E-state index >= 15 is 0 Å². The molecule has 6 fully saturated rings. The van der Waals surface area contributed by atoms with Crippen LogP contribution in [0.25, 0.3) is 0 Å². The van der Waals surface area contributed by atoms with Crippen LogP contribution in [0.3, 0.4) is 0 Å². The number of methoxy groups -OCH3 is 1. The Kier molecular flexibility index (Phi) is 11.0. The van der Waals surface area contributed by atoms with Crippen LogP contribution < -0.4 is 15.4 Å². The molecule has 1 aromatic rings. The minimum atomic E-state index is -1.08. The number of nitrogens with one attached hydrogen (secondary N) is 2. The van der Waals surface area contributed by atoms with Crippen molar-refractivity contribution in [2.75, 3.05) is 21.2 Å². The number of hydrogen-bond donors (Lipinski definition) is 6. The summed E-state index contributed by atoms with van der Waals surface area (Å²) in [4.78, 5) is 8.35. The van der Waals surface area contributed by atoms with Crippen LogP contribution in [-0.4, -0.2) is 117 Å². The topological polar surface area (TPSA) is 167 Å². The van der Waals surface area contributed by atoms with E-state index in [1.165, 1.54) is 11.8 Å². The van der Waals surface area contributed by atoms with E-state index in [9.17, 15) is 20.4 Å². The van der Waals surface area contributed by atoms with Crippen LogP contribution in [0.15, 0.2) is 34.3 Å². The molecule has 6 N–H and O–H groups in total. The van der Waals surface area contributed by atoms with Crippen molar-refractivity contribution >= 4 is 33.9 Å². The van der Waals surface area contributed by atoms with Crippen molar-refractivity contribution in [2.24, 2.45) is 15.9 Å². The first-order valence-electron chi connectivity index (χ1n) is 16.8. The van der Waals surface area contributed by atoms with E-state index in [4.69, 9.17) is 18.9 Å². The predicted molar refractivity (Wildman–Crippen MR) is 183 cm³/mol. The Labute approximate surface area is 285 Å². The molecule has 0 radical (unpaired) electrons. The van der Waals surface area contributed by atoms with Gasteiger partial charge in [0.15, 0.2) is 10.3 Å². The van der Waals surface area contributed by atoms with Gasteiger partial charge in [0.05, 0.1) is 49.2 Å². The quantitative estimate of drug-likeness (QED) is 0.258. The van der Waals surface area contributed by atoms with Gasteiger partial charge in [-0.2, -0.15) is 0 Å². The van der Waals surface area contributed by atoms with Gasteiger partial charge in [-0.25, -0.2) is 0 Å². The largest absolute Gasteiger partial charge is 0.497 e. The third-order valence-corrected chi connectivity index (χ3v) is 12.9. The number of aliphatic hydroxyl groups is 4. The van der Waals surface area contributed by atoms with Crippen molar-refractivity contribution in [2.45, 2.75) is 130 Å². The van der Waals surface area contributed by atoms with Crippen molar-refractivity contribution in [3.63, 3.8) is 0 Å². The smallest absolute Gasteiger partial charge is 0.159 e. The molecule has 0 spiro atoms. The van der Waals surface area contributed by atoms with Crippen molar-refractivity contribution in [3.05, 3.63) is 29.8 Å². The third kappa shape index (κ3) is 7.18. The van der Waals surface area contributed by atoms with Crippen LogP contribution in [0.5, 0.6) is 5.75 Å². The molecular weight excluding hydrogens is 645 g/mol. The second-order valence-corrected chi connectivity index (χ2v) is 15.7. The van der Waals surface area contributed by atoms with Gasteiger partial charge in [0.2, 0.25) is 0 Å². The molecule has 2 aliphatic carbocycles. The highest BCUT2D eigenvalue weighted by Crippen LogP contribution is 2.46. The molecule has 0 aromatic heterocycles. The van der Waals surface area contributed by atoms with Crippen molar-refractivity contribution in [1.29, 1.82) is 0 Å².